The highest BCUT2D eigenvalue weighted by molar-refractivity contribution is 5.76. The molecule has 1 aromatic rings. The number of hydrogen-bond donors (Lipinski definition) is 2. The van der Waals surface area contributed by atoms with Crippen LogP contribution in [0.2, 0.25) is 0 Å². The maximum Gasteiger partial charge on any atom is 0.240 e. The Hall–Kier alpha value is -1.29. The first-order valence-electron chi connectivity index (χ1n) is 7.23. The highest BCUT2D eigenvalue weighted by Gasteiger charge is 2.11. The van der Waals surface area contributed by atoms with E-state index < -0.39 is 6.10 Å². The van der Waals surface area contributed by atoms with Crippen LogP contribution < -0.4 is 5.32 Å². The summed E-state index contributed by atoms with van der Waals surface area (Å²) in [7, 11) is 0. The average Bonchev–Trinajstić information content (AvgIpc) is 2.84. The van der Waals surface area contributed by atoms with E-state index in [9.17, 15) is 9.90 Å². The summed E-state index contributed by atoms with van der Waals surface area (Å²) in [5, 5.41) is 12.9. The minimum Gasteiger partial charge on any atom is -0.388 e. The minimum atomic E-state index is -0.423. The molecule has 1 heterocycles. The lowest BCUT2D eigenvalue weighted by atomic mass is 10.1. The molecule has 1 amide bonds. The molecule has 0 bridgehead atoms. The highest BCUT2D eigenvalue weighted by atomic mass is 16.3. The zero-order valence-corrected chi connectivity index (χ0v) is 12.2. The monoisotopic (exact) mass is 266 g/mol. The number of carbonyl (C=O) groups is 1. The Kier molecular flexibility index (Phi) is 6.64. The fourth-order valence-corrected chi connectivity index (χ4v) is 2.13. The minimum absolute atomic E-state index is 0.0285. The Bertz CT molecular complexity index is 383. The molecule has 0 aliphatic carbocycles. The molecule has 1 atom stereocenters. The quantitative estimate of drug-likeness (QED) is 0.760. The van der Waals surface area contributed by atoms with Crippen molar-refractivity contribution >= 4 is 5.91 Å². The molecule has 1 aromatic heterocycles. The molecule has 0 fully saturated rings. The third-order valence-electron chi connectivity index (χ3n) is 3.40. The molecule has 0 spiro atoms. The molecule has 0 aromatic carbocycles. The van der Waals surface area contributed by atoms with Crippen molar-refractivity contribution in [3.63, 3.8) is 0 Å². The molecule has 4 heteroatoms. The number of hydrogen-bond acceptors (Lipinski definition) is 2. The van der Waals surface area contributed by atoms with Crippen molar-refractivity contribution in [2.45, 2.75) is 65.1 Å². The molecule has 0 radical (unpaired) electrons. The molecule has 0 aliphatic heterocycles. The van der Waals surface area contributed by atoms with Gasteiger partial charge in [-0.1, -0.05) is 27.2 Å². The molecule has 1 unspecified atom stereocenters. The standard InChI is InChI=1S/C15H26N2O2/c1-4-7-14(18)12-8-9-17(10-12)11-15(19)16-13(5-2)6-3/h8-10,13-14,18H,4-7,11H2,1-3H3,(H,16,19). The molecule has 1 rings (SSSR count). The second kappa shape index (κ2) is 8.00. The van der Waals surface area contributed by atoms with Crippen LogP contribution in [0.3, 0.4) is 0 Å². The second-order valence-corrected chi connectivity index (χ2v) is 5.00. The van der Waals surface area contributed by atoms with E-state index in [0.29, 0.717) is 6.54 Å². The summed E-state index contributed by atoms with van der Waals surface area (Å²) in [6, 6.07) is 2.14. The zero-order chi connectivity index (χ0) is 14.3. The van der Waals surface area contributed by atoms with Crippen LogP contribution >= 0.6 is 0 Å². The Labute approximate surface area is 115 Å². The van der Waals surface area contributed by atoms with Crippen LogP contribution in [0.5, 0.6) is 0 Å². The van der Waals surface area contributed by atoms with Gasteiger partial charge in [-0.15, -0.1) is 0 Å². The Morgan fingerprint density at radius 1 is 1.37 bits per heavy atom. The molecule has 4 nitrogen and oxygen atoms in total. The molecule has 2 N–H and O–H groups in total. The van der Waals surface area contributed by atoms with Crippen molar-refractivity contribution < 1.29 is 9.90 Å². The summed E-state index contributed by atoms with van der Waals surface area (Å²) in [5.41, 5.74) is 0.886. The van der Waals surface area contributed by atoms with Crippen molar-refractivity contribution in [2.24, 2.45) is 0 Å². The van der Waals surface area contributed by atoms with Gasteiger partial charge in [-0.2, -0.15) is 0 Å². The van der Waals surface area contributed by atoms with Crippen molar-refractivity contribution in [1.29, 1.82) is 0 Å². The first-order valence-corrected chi connectivity index (χ1v) is 7.23. The highest BCUT2D eigenvalue weighted by Crippen LogP contribution is 2.18. The van der Waals surface area contributed by atoms with Gasteiger partial charge < -0.3 is 15.0 Å². The normalized spacial score (nSPS) is 12.7. The van der Waals surface area contributed by atoms with Gasteiger partial charge in [0.15, 0.2) is 0 Å². The van der Waals surface area contributed by atoms with E-state index in [4.69, 9.17) is 0 Å². The van der Waals surface area contributed by atoms with Crippen LogP contribution in [0.25, 0.3) is 0 Å². The molecule has 108 valence electrons. The molecular formula is C15H26N2O2. The number of nitrogens with zero attached hydrogens (tertiary/aromatic N) is 1. The third kappa shape index (κ3) is 5.07. The topological polar surface area (TPSA) is 54.3 Å². The average molecular weight is 266 g/mol. The van der Waals surface area contributed by atoms with Crippen LogP contribution in [0, 0.1) is 0 Å². The van der Waals surface area contributed by atoms with E-state index in [1.807, 2.05) is 30.0 Å². The van der Waals surface area contributed by atoms with Gasteiger partial charge in [0.25, 0.3) is 0 Å². The van der Waals surface area contributed by atoms with E-state index in [0.717, 1.165) is 31.2 Å². The number of carbonyl (C=O) groups excluding carboxylic acids is 1. The Morgan fingerprint density at radius 2 is 2.05 bits per heavy atom. The fourth-order valence-electron chi connectivity index (χ4n) is 2.13. The van der Waals surface area contributed by atoms with Gasteiger partial charge in [0.05, 0.1) is 6.10 Å². The fraction of sp³-hybridized carbons (Fsp3) is 0.667. The van der Waals surface area contributed by atoms with Crippen LogP contribution in [0.4, 0.5) is 0 Å². The van der Waals surface area contributed by atoms with Gasteiger partial charge in [0.1, 0.15) is 6.54 Å². The lowest BCUT2D eigenvalue weighted by Gasteiger charge is -2.14. The summed E-state index contributed by atoms with van der Waals surface area (Å²) >= 11 is 0. The van der Waals surface area contributed by atoms with Crippen molar-refractivity contribution in [3.05, 3.63) is 24.0 Å². The number of amides is 1. The first kappa shape index (κ1) is 15.8. The van der Waals surface area contributed by atoms with E-state index in [2.05, 4.69) is 19.2 Å². The molecule has 0 saturated heterocycles. The lowest BCUT2D eigenvalue weighted by Crippen LogP contribution is -2.35. The predicted molar refractivity (Wildman–Crippen MR) is 76.8 cm³/mol. The summed E-state index contributed by atoms with van der Waals surface area (Å²) < 4.78 is 1.83. The number of aliphatic hydroxyl groups excluding tert-OH is 1. The summed E-state index contributed by atoms with van der Waals surface area (Å²) in [6.07, 6.45) is 6.88. The lowest BCUT2D eigenvalue weighted by molar-refractivity contribution is -0.122. The van der Waals surface area contributed by atoms with E-state index in [1.165, 1.54) is 0 Å². The van der Waals surface area contributed by atoms with Crippen LogP contribution in [0.15, 0.2) is 18.5 Å². The zero-order valence-electron chi connectivity index (χ0n) is 12.2. The van der Waals surface area contributed by atoms with E-state index >= 15 is 0 Å². The van der Waals surface area contributed by atoms with Gasteiger partial charge in [0, 0.05) is 18.4 Å². The number of aliphatic hydroxyl groups is 1. The maximum atomic E-state index is 11.9. The van der Waals surface area contributed by atoms with Gasteiger partial charge >= 0.3 is 0 Å². The van der Waals surface area contributed by atoms with E-state index in [-0.39, 0.29) is 11.9 Å². The second-order valence-electron chi connectivity index (χ2n) is 5.00. The molecule has 0 saturated carbocycles. The smallest absolute Gasteiger partial charge is 0.240 e. The molecule has 19 heavy (non-hydrogen) atoms. The first-order chi connectivity index (χ1) is 9.10. The number of nitrogens with one attached hydrogen (secondary N) is 1. The number of aromatic nitrogens is 1. The van der Waals surface area contributed by atoms with Gasteiger partial charge in [-0.05, 0) is 30.9 Å². The van der Waals surface area contributed by atoms with Gasteiger partial charge in [0.2, 0.25) is 5.91 Å². The Balaban J connectivity index is 2.51. The van der Waals surface area contributed by atoms with Crippen LogP contribution in [0.1, 0.15) is 58.1 Å². The molecule has 0 aliphatic rings. The summed E-state index contributed by atoms with van der Waals surface area (Å²) in [5.74, 6) is 0.0285. The van der Waals surface area contributed by atoms with Crippen LogP contribution in [-0.2, 0) is 11.3 Å². The largest absolute Gasteiger partial charge is 0.388 e. The SMILES string of the molecule is CCCC(O)c1ccn(CC(=O)NC(CC)CC)c1. The Morgan fingerprint density at radius 3 is 2.63 bits per heavy atom. The van der Waals surface area contributed by atoms with E-state index in [1.54, 1.807) is 0 Å². The maximum absolute atomic E-state index is 11.9. The summed E-state index contributed by atoms with van der Waals surface area (Å²) in [6.45, 7) is 6.51. The van der Waals surface area contributed by atoms with Gasteiger partial charge in [-0.25, -0.2) is 0 Å². The third-order valence-corrected chi connectivity index (χ3v) is 3.40. The predicted octanol–water partition coefficient (Wildman–Crippen LogP) is 2.63. The molecular weight excluding hydrogens is 240 g/mol. The van der Waals surface area contributed by atoms with Gasteiger partial charge in [-0.3, -0.25) is 4.79 Å². The number of rotatable bonds is 8. The summed E-state index contributed by atoms with van der Waals surface area (Å²) in [4.78, 5) is 11.9. The van der Waals surface area contributed by atoms with Crippen molar-refractivity contribution in [3.8, 4) is 0 Å². The van der Waals surface area contributed by atoms with Crippen molar-refractivity contribution in [2.75, 3.05) is 0 Å². The van der Waals surface area contributed by atoms with Crippen molar-refractivity contribution in [1.82, 2.24) is 9.88 Å². The van der Waals surface area contributed by atoms with Crippen LogP contribution in [-0.4, -0.2) is 21.6 Å².